The molecule has 2 aromatic carbocycles. The molecule has 1 heterocycles. The molecule has 0 bridgehead atoms. The molecule has 3 rings (SSSR count). The summed E-state index contributed by atoms with van der Waals surface area (Å²) < 4.78 is 6.86. The molecule has 7 nitrogen and oxygen atoms in total. The number of carbonyl (C=O) groups excluding carboxylic acids is 3. The molecule has 0 radical (unpaired) electrons. The van der Waals surface area contributed by atoms with Crippen LogP contribution >= 0.6 is 23.2 Å². The third-order valence-corrected chi connectivity index (χ3v) is 5.05. The molecule has 1 amide bonds. The highest BCUT2D eigenvalue weighted by Crippen LogP contribution is 2.26. The van der Waals surface area contributed by atoms with Crippen LogP contribution in [0.3, 0.4) is 0 Å². The van der Waals surface area contributed by atoms with Crippen molar-refractivity contribution in [3.05, 3.63) is 81.1 Å². The van der Waals surface area contributed by atoms with Crippen molar-refractivity contribution in [2.45, 2.75) is 20.0 Å². The number of amides is 1. The van der Waals surface area contributed by atoms with Gasteiger partial charge in [0.25, 0.3) is 11.7 Å². The van der Waals surface area contributed by atoms with Crippen LogP contribution in [0.1, 0.15) is 33.4 Å². The molecule has 1 N–H and O–H groups in total. The summed E-state index contributed by atoms with van der Waals surface area (Å²) in [4.78, 5) is 38.4. The summed E-state index contributed by atoms with van der Waals surface area (Å²) in [5.41, 5.74) is 1.80. The second kappa shape index (κ2) is 9.32. The smallest absolute Gasteiger partial charge is 0.380 e. The summed E-state index contributed by atoms with van der Waals surface area (Å²) in [6.07, 6.45) is -1.37. The largest absolute Gasteiger partial charge is 0.441 e. The van der Waals surface area contributed by atoms with Crippen molar-refractivity contribution in [2.75, 3.05) is 5.32 Å². The predicted molar refractivity (Wildman–Crippen MR) is 117 cm³/mol. The predicted octanol–water partition coefficient (Wildman–Crippen LogP) is 4.45. The summed E-state index contributed by atoms with van der Waals surface area (Å²) in [5.74, 6) is -2.69. The molecule has 31 heavy (non-hydrogen) atoms. The molecule has 0 aliphatic heterocycles. The van der Waals surface area contributed by atoms with Gasteiger partial charge in [-0.1, -0.05) is 53.5 Å². The van der Waals surface area contributed by atoms with Gasteiger partial charge in [0.2, 0.25) is 6.10 Å². The van der Waals surface area contributed by atoms with Crippen molar-refractivity contribution in [3.8, 4) is 0 Å². The van der Waals surface area contributed by atoms with E-state index in [0.717, 1.165) is 0 Å². The van der Waals surface area contributed by atoms with Gasteiger partial charge in [0, 0.05) is 34.0 Å². The van der Waals surface area contributed by atoms with Crippen molar-refractivity contribution in [3.63, 3.8) is 0 Å². The zero-order valence-electron chi connectivity index (χ0n) is 17.0. The lowest BCUT2D eigenvalue weighted by molar-refractivity contribution is -0.149. The van der Waals surface area contributed by atoms with Crippen LogP contribution in [0.2, 0.25) is 10.0 Å². The first-order chi connectivity index (χ1) is 14.7. The Morgan fingerprint density at radius 3 is 2.19 bits per heavy atom. The van der Waals surface area contributed by atoms with Gasteiger partial charge in [-0.25, -0.2) is 4.79 Å². The summed E-state index contributed by atoms with van der Waals surface area (Å²) in [7, 11) is 1.67. The Hall–Kier alpha value is -3.16. The van der Waals surface area contributed by atoms with E-state index in [2.05, 4.69) is 10.4 Å². The van der Waals surface area contributed by atoms with Gasteiger partial charge in [-0.2, -0.15) is 5.10 Å². The SMILES string of the molecule is Cc1nn(C)c(C)c1C(=O)C(=O)O[C@@H](C(=O)Nc1cc(Cl)cc(Cl)c1)c1ccccc1. The molecule has 1 aromatic heterocycles. The monoisotopic (exact) mass is 459 g/mol. The molecule has 160 valence electrons. The summed E-state index contributed by atoms with van der Waals surface area (Å²) in [6.45, 7) is 3.29. The Bertz CT molecular complexity index is 1140. The van der Waals surface area contributed by atoms with E-state index in [-0.39, 0.29) is 5.56 Å². The normalized spacial score (nSPS) is 11.6. The lowest BCUT2D eigenvalue weighted by Gasteiger charge is -2.18. The van der Waals surface area contributed by atoms with Gasteiger partial charge in [-0.05, 0) is 32.0 Å². The van der Waals surface area contributed by atoms with Gasteiger partial charge in [0.15, 0.2) is 0 Å². The number of rotatable bonds is 6. The molecular formula is C22H19Cl2N3O4. The maximum atomic E-state index is 13.0. The standard InChI is InChI=1S/C22H19Cl2N3O4/c1-12-18(13(2)27(3)26-12)19(28)22(30)31-20(14-7-5-4-6-8-14)21(29)25-17-10-15(23)9-16(24)11-17/h4-11,20H,1-3H3,(H,25,29)/t20-/m1/s1. The van der Waals surface area contributed by atoms with E-state index < -0.39 is 23.8 Å². The van der Waals surface area contributed by atoms with Crippen LogP contribution < -0.4 is 5.32 Å². The number of hydrogen-bond donors (Lipinski definition) is 1. The van der Waals surface area contributed by atoms with Crippen LogP contribution in [0.5, 0.6) is 0 Å². The molecular weight excluding hydrogens is 441 g/mol. The van der Waals surface area contributed by atoms with Crippen LogP contribution in [-0.4, -0.2) is 27.4 Å². The number of esters is 1. The van der Waals surface area contributed by atoms with E-state index in [1.165, 1.54) is 22.9 Å². The van der Waals surface area contributed by atoms with Crippen molar-refractivity contribution >= 4 is 46.5 Å². The highest BCUT2D eigenvalue weighted by atomic mass is 35.5. The molecule has 3 aromatic rings. The molecule has 0 saturated carbocycles. The minimum absolute atomic E-state index is 0.154. The van der Waals surface area contributed by atoms with Crippen molar-refractivity contribution in [2.24, 2.45) is 7.05 Å². The van der Waals surface area contributed by atoms with Crippen molar-refractivity contribution < 1.29 is 19.1 Å². The van der Waals surface area contributed by atoms with E-state index >= 15 is 0 Å². The molecule has 9 heteroatoms. The highest BCUT2D eigenvalue weighted by molar-refractivity contribution is 6.41. The first-order valence-electron chi connectivity index (χ1n) is 9.24. The number of nitrogens with zero attached hydrogens (tertiary/aromatic N) is 2. The lowest BCUT2D eigenvalue weighted by Crippen LogP contribution is -2.29. The topological polar surface area (TPSA) is 90.3 Å². The van der Waals surface area contributed by atoms with Crippen molar-refractivity contribution in [1.82, 2.24) is 9.78 Å². The quantitative estimate of drug-likeness (QED) is 0.334. The second-order valence-electron chi connectivity index (χ2n) is 6.84. The number of halogens is 2. The second-order valence-corrected chi connectivity index (χ2v) is 7.71. The summed E-state index contributed by atoms with van der Waals surface area (Å²) in [6, 6.07) is 12.9. The van der Waals surface area contributed by atoms with Crippen LogP contribution in [0.15, 0.2) is 48.5 Å². The maximum absolute atomic E-state index is 13.0. The summed E-state index contributed by atoms with van der Waals surface area (Å²) >= 11 is 12.0. The average Bonchev–Trinajstić information content (AvgIpc) is 2.96. The fourth-order valence-corrected chi connectivity index (χ4v) is 3.63. The highest BCUT2D eigenvalue weighted by Gasteiger charge is 2.31. The number of carbonyl (C=O) groups is 3. The van der Waals surface area contributed by atoms with Gasteiger partial charge in [0.1, 0.15) is 0 Å². The number of aryl methyl sites for hydroxylation is 2. The fraction of sp³-hybridized carbons (Fsp3) is 0.182. The minimum Gasteiger partial charge on any atom is -0.441 e. The van der Waals surface area contributed by atoms with E-state index in [0.29, 0.717) is 32.7 Å². The van der Waals surface area contributed by atoms with E-state index in [1.54, 1.807) is 51.2 Å². The number of ketones is 1. The number of aromatic nitrogens is 2. The number of anilines is 1. The Kier molecular flexibility index (Phi) is 6.77. The van der Waals surface area contributed by atoms with E-state index in [9.17, 15) is 14.4 Å². The van der Waals surface area contributed by atoms with Gasteiger partial charge in [-0.3, -0.25) is 14.3 Å². The van der Waals surface area contributed by atoms with Crippen LogP contribution in [0.4, 0.5) is 5.69 Å². The Labute approximate surface area is 188 Å². The van der Waals surface area contributed by atoms with Crippen LogP contribution in [0, 0.1) is 13.8 Å². The lowest BCUT2D eigenvalue weighted by atomic mass is 10.1. The first kappa shape index (κ1) is 22.5. The van der Waals surface area contributed by atoms with Gasteiger partial charge < -0.3 is 10.1 Å². The zero-order chi connectivity index (χ0) is 22.7. The van der Waals surface area contributed by atoms with Crippen molar-refractivity contribution in [1.29, 1.82) is 0 Å². The molecule has 0 saturated heterocycles. The van der Waals surface area contributed by atoms with Gasteiger partial charge in [-0.15, -0.1) is 0 Å². The third kappa shape index (κ3) is 5.13. The van der Waals surface area contributed by atoms with Crippen LogP contribution in [-0.2, 0) is 21.4 Å². The first-order valence-corrected chi connectivity index (χ1v) is 10.0. The molecule has 1 atom stereocenters. The fourth-order valence-electron chi connectivity index (χ4n) is 3.10. The number of benzene rings is 2. The molecule has 0 aliphatic rings. The number of nitrogens with one attached hydrogen (secondary N) is 1. The van der Waals surface area contributed by atoms with E-state index in [1.807, 2.05) is 0 Å². The Balaban J connectivity index is 1.88. The zero-order valence-corrected chi connectivity index (χ0v) is 18.5. The molecule has 0 fully saturated rings. The molecule has 0 unspecified atom stereocenters. The summed E-state index contributed by atoms with van der Waals surface area (Å²) in [5, 5.41) is 7.42. The maximum Gasteiger partial charge on any atom is 0.380 e. The third-order valence-electron chi connectivity index (χ3n) is 4.62. The number of hydrogen-bond acceptors (Lipinski definition) is 5. The van der Waals surface area contributed by atoms with Crippen LogP contribution in [0.25, 0.3) is 0 Å². The minimum atomic E-state index is -1.37. The number of ether oxygens (including phenoxy) is 1. The number of Topliss-reactive ketones (excluding diaryl/α,β-unsaturated/α-hetero) is 1. The Morgan fingerprint density at radius 2 is 1.65 bits per heavy atom. The molecule has 0 aliphatic carbocycles. The average molecular weight is 460 g/mol. The Morgan fingerprint density at radius 1 is 1.03 bits per heavy atom. The van der Waals surface area contributed by atoms with E-state index in [4.69, 9.17) is 27.9 Å². The van der Waals surface area contributed by atoms with Gasteiger partial charge in [0.05, 0.1) is 11.3 Å². The molecule has 0 spiro atoms. The van der Waals surface area contributed by atoms with Gasteiger partial charge >= 0.3 is 5.97 Å².